The minimum atomic E-state index is -3.64. The molecule has 0 radical (unpaired) electrons. The number of carbonyl (C=O) groups is 1. The molecule has 1 amide bonds. The monoisotopic (exact) mass is 424 g/mol. The molecule has 6 nitrogen and oxygen atoms in total. The standard InChI is InChI=1S/C20H25ClN2O4S/c1-15(23(28(3,25)26)18-12-10-17(21)11-13-18)20(24)22-14-6-8-16-7-4-5-9-19(16)27-2/h4-5,7,9-13,15H,6,8,14H2,1-3H3,(H,22,24)/t15-/m0/s1. The van der Waals surface area contributed by atoms with Gasteiger partial charge < -0.3 is 10.1 Å². The van der Waals surface area contributed by atoms with E-state index in [-0.39, 0.29) is 5.91 Å². The number of hydrogen-bond donors (Lipinski definition) is 1. The van der Waals surface area contributed by atoms with Gasteiger partial charge >= 0.3 is 0 Å². The molecular formula is C20H25ClN2O4S. The van der Waals surface area contributed by atoms with Crippen LogP contribution in [-0.2, 0) is 21.2 Å². The van der Waals surface area contributed by atoms with Crippen LogP contribution in [0.3, 0.4) is 0 Å². The minimum absolute atomic E-state index is 0.361. The van der Waals surface area contributed by atoms with Crippen molar-refractivity contribution in [2.75, 3.05) is 24.2 Å². The van der Waals surface area contributed by atoms with Crippen LogP contribution < -0.4 is 14.4 Å². The predicted octanol–water partition coefficient (Wildman–Crippen LogP) is 3.25. The molecule has 152 valence electrons. The molecule has 28 heavy (non-hydrogen) atoms. The molecule has 0 aliphatic heterocycles. The second-order valence-electron chi connectivity index (χ2n) is 6.42. The Morgan fingerprint density at radius 2 is 1.82 bits per heavy atom. The molecule has 0 bridgehead atoms. The van der Waals surface area contributed by atoms with E-state index < -0.39 is 16.1 Å². The van der Waals surface area contributed by atoms with Crippen LogP contribution in [0.2, 0.25) is 5.02 Å². The number of para-hydroxylation sites is 1. The van der Waals surface area contributed by atoms with E-state index in [4.69, 9.17) is 16.3 Å². The molecule has 0 aliphatic carbocycles. The number of carbonyl (C=O) groups excluding carboxylic acids is 1. The van der Waals surface area contributed by atoms with Crippen molar-refractivity contribution < 1.29 is 17.9 Å². The average Bonchev–Trinajstić information content (AvgIpc) is 2.66. The lowest BCUT2D eigenvalue weighted by Gasteiger charge is -2.28. The summed E-state index contributed by atoms with van der Waals surface area (Å²) in [6.07, 6.45) is 2.53. The maximum absolute atomic E-state index is 12.5. The lowest BCUT2D eigenvalue weighted by atomic mass is 10.1. The zero-order chi connectivity index (χ0) is 20.7. The molecule has 1 N–H and O–H groups in total. The second-order valence-corrected chi connectivity index (χ2v) is 8.71. The molecule has 0 saturated carbocycles. The molecule has 0 spiro atoms. The maximum atomic E-state index is 12.5. The topological polar surface area (TPSA) is 75.7 Å². The third-order valence-corrected chi connectivity index (χ3v) is 5.78. The molecule has 0 aromatic heterocycles. The van der Waals surface area contributed by atoms with Gasteiger partial charge in [-0.15, -0.1) is 0 Å². The lowest BCUT2D eigenvalue weighted by molar-refractivity contribution is -0.121. The van der Waals surface area contributed by atoms with Crippen molar-refractivity contribution in [2.24, 2.45) is 0 Å². The number of methoxy groups -OCH3 is 1. The van der Waals surface area contributed by atoms with E-state index >= 15 is 0 Å². The lowest BCUT2D eigenvalue weighted by Crippen LogP contribution is -2.48. The molecule has 0 aliphatic rings. The van der Waals surface area contributed by atoms with Gasteiger partial charge in [-0.05, 0) is 55.7 Å². The molecule has 2 rings (SSSR count). The number of benzene rings is 2. The van der Waals surface area contributed by atoms with Crippen LogP contribution in [0.1, 0.15) is 18.9 Å². The Morgan fingerprint density at radius 3 is 2.43 bits per heavy atom. The van der Waals surface area contributed by atoms with E-state index in [1.54, 1.807) is 38.3 Å². The molecule has 2 aromatic carbocycles. The summed E-state index contributed by atoms with van der Waals surface area (Å²) in [5.41, 5.74) is 1.45. The Hall–Kier alpha value is -2.25. The fourth-order valence-corrected chi connectivity index (χ4v) is 4.25. The van der Waals surface area contributed by atoms with Crippen LogP contribution in [0.25, 0.3) is 0 Å². The molecule has 0 unspecified atom stereocenters. The van der Waals surface area contributed by atoms with Crippen LogP contribution in [-0.4, -0.2) is 40.3 Å². The summed E-state index contributed by atoms with van der Waals surface area (Å²) < 4.78 is 30.9. The number of aryl methyl sites for hydroxylation is 1. The van der Waals surface area contributed by atoms with Crippen LogP contribution in [0.5, 0.6) is 5.75 Å². The summed E-state index contributed by atoms with van der Waals surface area (Å²) in [5.74, 6) is 0.452. The van der Waals surface area contributed by atoms with Crippen molar-refractivity contribution in [1.29, 1.82) is 0 Å². The molecular weight excluding hydrogens is 400 g/mol. The van der Waals surface area contributed by atoms with Crippen LogP contribution >= 0.6 is 11.6 Å². The van der Waals surface area contributed by atoms with Gasteiger partial charge in [0.05, 0.1) is 19.1 Å². The average molecular weight is 425 g/mol. The Morgan fingerprint density at radius 1 is 1.18 bits per heavy atom. The molecule has 0 saturated heterocycles. The fraction of sp³-hybridized carbons (Fsp3) is 0.350. The molecule has 0 heterocycles. The smallest absolute Gasteiger partial charge is 0.243 e. The molecule has 0 fully saturated rings. The third kappa shape index (κ3) is 5.87. The van der Waals surface area contributed by atoms with E-state index in [1.807, 2.05) is 24.3 Å². The van der Waals surface area contributed by atoms with Crippen LogP contribution in [0, 0.1) is 0 Å². The van der Waals surface area contributed by atoms with Gasteiger partial charge in [-0.3, -0.25) is 9.10 Å². The summed E-state index contributed by atoms with van der Waals surface area (Å²) in [6, 6.07) is 13.2. The van der Waals surface area contributed by atoms with Gasteiger partial charge in [-0.2, -0.15) is 0 Å². The highest BCUT2D eigenvalue weighted by atomic mass is 35.5. The zero-order valence-electron chi connectivity index (χ0n) is 16.2. The summed E-state index contributed by atoms with van der Waals surface area (Å²) in [5, 5.41) is 3.30. The number of hydrogen-bond acceptors (Lipinski definition) is 4. The number of nitrogens with one attached hydrogen (secondary N) is 1. The summed E-state index contributed by atoms with van der Waals surface area (Å²) >= 11 is 5.87. The normalized spacial score (nSPS) is 12.3. The number of halogens is 1. The number of nitrogens with zero attached hydrogens (tertiary/aromatic N) is 1. The summed E-state index contributed by atoms with van der Waals surface area (Å²) in [6.45, 7) is 1.99. The van der Waals surface area contributed by atoms with Crippen LogP contribution in [0.4, 0.5) is 5.69 Å². The third-order valence-electron chi connectivity index (χ3n) is 4.28. The summed E-state index contributed by atoms with van der Waals surface area (Å²) in [4.78, 5) is 12.5. The van der Waals surface area contributed by atoms with Crippen molar-refractivity contribution in [1.82, 2.24) is 5.32 Å². The second kappa shape index (κ2) is 9.80. The van der Waals surface area contributed by atoms with E-state index in [9.17, 15) is 13.2 Å². The maximum Gasteiger partial charge on any atom is 0.243 e. The number of sulfonamides is 1. The van der Waals surface area contributed by atoms with Crippen molar-refractivity contribution >= 4 is 33.2 Å². The first-order valence-corrected chi connectivity index (χ1v) is 11.1. The summed E-state index contributed by atoms with van der Waals surface area (Å²) in [7, 11) is -2.02. The SMILES string of the molecule is COc1ccccc1CCCNC(=O)[C@H](C)N(c1ccc(Cl)cc1)S(C)(=O)=O. The van der Waals surface area contributed by atoms with Crippen molar-refractivity contribution in [3.8, 4) is 5.75 Å². The van der Waals surface area contributed by atoms with E-state index in [1.165, 1.54) is 0 Å². The highest BCUT2D eigenvalue weighted by Gasteiger charge is 2.28. The van der Waals surface area contributed by atoms with Gasteiger partial charge in [-0.1, -0.05) is 29.8 Å². The first-order chi connectivity index (χ1) is 13.2. The fourth-order valence-electron chi connectivity index (χ4n) is 2.94. The zero-order valence-corrected chi connectivity index (χ0v) is 17.8. The van der Waals surface area contributed by atoms with E-state index in [2.05, 4.69) is 5.32 Å². The highest BCUT2D eigenvalue weighted by Crippen LogP contribution is 2.23. The van der Waals surface area contributed by atoms with Crippen LogP contribution in [0.15, 0.2) is 48.5 Å². The molecule has 2 aromatic rings. The van der Waals surface area contributed by atoms with Crippen molar-refractivity contribution in [3.05, 3.63) is 59.1 Å². The number of rotatable bonds is 9. The highest BCUT2D eigenvalue weighted by molar-refractivity contribution is 7.92. The number of ether oxygens (including phenoxy) is 1. The minimum Gasteiger partial charge on any atom is -0.496 e. The first kappa shape index (κ1) is 22.0. The van der Waals surface area contributed by atoms with Gasteiger partial charge in [0.2, 0.25) is 15.9 Å². The van der Waals surface area contributed by atoms with E-state index in [0.29, 0.717) is 23.7 Å². The first-order valence-electron chi connectivity index (χ1n) is 8.88. The number of anilines is 1. The largest absolute Gasteiger partial charge is 0.496 e. The van der Waals surface area contributed by atoms with Gasteiger partial charge in [0, 0.05) is 11.6 Å². The van der Waals surface area contributed by atoms with E-state index in [0.717, 1.165) is 28.3 Å². The quantitative estimate of drug-likeness (QED) is 0.627. The van der Waals surface area contributed by atoms with Crippen molar-refractivity contribution in [2.45, 2.75) is 25.8 Å². The molecule has 8 heteroatoms. The Kier molecular flexibility index (Phi) is 7.71. The Balaban J connectivity index is 1.98. The van der Waals surface area contributed by atoms with Gasteiger partial charge in [-0.25, -0.2) is 8.42 Å². The van der Waals surface area contributed by atoms with Gasteiger partial charge in [0.25, 0.3) is 0 Å². The predicted molar refractivity (Wildman–Crippen MR) is 113 cm³/mol. The van der Waals surface area contributed by atoms with Crippen molar-refractivity contribution in [3.63, 3.8) is 0 Å². The van der Waals surface area contributed by atoms with Gasteiger partial charge in [0.15, 0.2) is 0 Å². The Labute approximate surface area is 171 Å². The Bertz CT molecular complexity index is 901. The molecule has 1 atom stereocenters. The van der Waals surface area contributed by atoms with Gasteiger partial charge in [0.1, 0.15) is 11.8 Å². The number of amides is 1.